The maximum absolute atomic E-state index is 12.5. The Kier molecular flexibility index (Phi) is 13.3. The molecule has 188 valence electrons. The number of aliphatic carboxylic acids is 3. The molecule has 0 aliphatic heterocycles. The van der Waals surface area contributed by atoms with E-state index < -0.39 is 92.1 Å². The summed E-state index contributed by atoms with van der Waals surface area (Å²) in [6, 6.07) is -5.60. The molecule has 0 aromatic rings. The van der Waals surface area contributed by atoms with E-state index in [9.17, 15) is 39.0 Å². The lowest BCUT2D eigenvalue weighted by atomic mass is 9.99. The Morgan fingerprint density at radius 2 is 1.18 bits per heavy atom. The topological polar surface area (TPSA) is 245 Å². The molecule has 3 amide bonds. The van der Waals surface area contributed by atoms with E-state index in [1.54, 1.807) is 13.8 Å². The maximum atomic E-state index is 12.5. The summed E-state index contributed by atoms with van der Waals surface area (Å²) in [5.41, 5.74) is 5.79. The van der Waals surface area contributed by atoms with Crippen LogP contribution in [0.5, 0.6) is 0 Å². The van der Waals surface area contributed by atoms with Gasteiger partial charge in [-0.15, -0.1) is 0 Å². The van der Waals surface area contributed by atoms with Gasteiger partial charge >= 0.3 is 17.9 Å². The van der Waals surface area contributed by atoms with Gasteiger partial charge in [0.15, 0.2) is 0 Å². The first-order valence-electron chi connectivity index (χ1n) is 10.3. The maximum Gasteiger partial charge on any atom is 0.326 e. The van der Waals surface area contributed by atoms with Crippen LogP contribution in [0.1, 0.15) is 46.0 Å². The molecule has 14 nitrogen and oxygen atoms in total. The number of carboxylic acid groups (broad SMARTS) is 3. The molecule has 33 heavy (non-hydrogen) atoms. The van der Waals surface area contributed by atoms with Gasteiger partial charge in [0.05, 0.1) is 12.6 Å². The zero-order valence-corrected chi connectivity index (χ0v) is 18.4. The van der Waals surface area contributed by atoms with Crippen molar-refractivity contribution in [1.29, 1.82) is 0 Å². The average molecular weight is 476 g/mol. The van der Waals surface area contributed by atoms with Crippen molar-refractivity contribution >= 4 is 35.6 Å². The molecule has 0 heterocycles. The SMILES string of the molecule is CCC(C)C(N)C(=O)NC(CO)C(=O)NC(CCC(=O)O)C(=O)NC(CCC(=O)O)C(=O)O. The van der Waals surface area contributed by atoms with Crippen molar-refractivity contribution in [2.45, 2.75) is 70.1 Å². The van der Waals surface area contributed by atoms with Crippen LogP contribution < -0.4 is 21.7 Å². The molecule has 5 atom stereocenters. The number of carbonyl (C=O) groups excluding carboxylic acids is 3. The molecule has 0 aliphatic carbocycles. The normalized spacial score (nSPS) is 15.3. The van der Waals surface area contributed by atoms with Gasteiger partial charge in [-0.3, -0.25) is 24.0 Å². The van der Waals surface area contributed by atoms with Crippen molar-refractivity contribution in [3.63, 3.8) is 0 Å². The number of aliphatic hydroxyl groups excluding tert-OH is 1. The van der Waals surface area contributed by atoms with Crippen molar-refractivity contribution < 1.29 is 49.2 Å². The average Bonchev–Trinajstić information content (AvgIpc) is 2.75. The van der Waals surface area contributed by atoms with Crippen LogP contribution in [0.4, 0.5) is 0 Å². The Hall–Kier alpha value is -3.26. The quantitative estimate of drug-likeness (QED) is 0.117. The number of amides is 3. The first-order chi connectivity index (χ1) is 15.3. The summed E-state index contributed by atoms with van der Waals surface area (Å²) >= 11 is 0. The second-order valence-corrected chi connectivity index (χ2v) is 7.48. The van der Waals surface area contributed by atoms with Crippen molar-refractivity contribution in [3.05, 3.63) is 0 Å². The van der Waals surface area contributed by atoms with E-state index in [2.05, 4.69) is 16.0 Å². The molecule has 0 spiro atoms. The van der Waals surface area contributed by atoms with Gasteiger partial charge in [0.1, 0.15) is 18.1 Å². The van der Waals surface area contributed by atoms with Gasteiger partial charge in [-0.2, -0.15) is 0 Å². The van der Waals surface area contributed by atoms with E-state index in [1.807, 2.05) is 0 Å². The van der Waals surface area contributed by atoms with Crippen molar-refractivity contribution in [2.75, 3.05) is 6.61 Å². The number of rotatable bonds is 16. The summed E-state index contributed by atoms with van der Waals surface area (Å²) in [6.45, 7) is 2.67. The summed E-state index contributed by atoms with van der Waals surface area (Å²) in [5.74, 6) is -7.14. The molecule has 5 unspecified atom stereocenters. The molecule has 9 N–H and O–H groups in total. The fourth-order valence-electron chi connectivity index (χ4n) is 2.58. The predicted molar refractivity (Wildman–Crippen MR) is 112 cm³/mol. The summed E-state index contributed by atoms with van der Waals surface area (Å²) in [5, 5.41) is 42.8. The third kappa shape index (κ3) is 11.2. The van der Waals surface area contributed by atoms with Gasteiger partial charge in [-0.05, 0) is 18.8 Å². The molecule has 0 bridgehead atoms. The standard InChI is InChI=1S/C19H32N4O10/c1-3-9(2)15(20)18(31)23-12(8-24)17(30)21-10(4-6-13(25)26)16(29)22-11(19(32)33)5-7-14(27)28/h9-12,15,24H,3-8,20H2,1-2H3,(H,21,30)(H,22,29)(H,23,31)(H,25,26)(H,27,28)(H,32,33). The zero-order valence-electron chi connectivity index (χ0n) is 18.4. The van der Waals surface area contributed by atoms with E-state index in [0.717, 1.165) is 0 Å². The number of aliphatic hydroxyl groups is 1. The molecule has 0 aromatic heterocycles. The fourth-order valence-corrected chi connectivity index (χ4v) is 2.58. The Morgan fingerprint density at radius 1 is 0.758 bits per heavy atom. The highest BCUT2D eigenvalue weighted by Crippen LogP contribution is 2.06. The van der Waals surface area contributed by atoms with Gasteiger partial charge in [-0.25, -0.2) is 4.79 Å². The molecule has 0 fully saturated rings. The molecule has 0 saturated carbocycles. The van der Waals surface area contributed by atoms with Crippen LogP contribution in [-0.2, 0) is 28.8 Å². The predicted octanol–water partition coefficient (Wildman–Crippen LogP) is -2.38. The molecular formula is C19H32N4O10. The zero-order chi connectivity index (χ0) is 25.7. The summed E-state index contributed by atoms with van der Waals surface area (Å²) in [4.78, 5) is 70.1. The number of hydrogen-bond donors (Lipinski definition) is 8. The van der Waals surface area contributed by atoms with E-state index in [0.29, 0.717) is 6.42 Å². The van der Waals surface area contributed by atoms with Crippen LogP contribution in [0, 0.1) is 5.92 Å². The largest absolute Gasteiger partial charge is 0.481 e. The summed E-state index contributed by atoms with van der Waals surface area (Å²) in [7, 11) is 0. The monoisotopic (exact) mass is 476 g/mol. The highest BCUT2D eigenvalue weighted by molar-refractivity contribution is 5.94. The Bertz CT molecular complexity index is 729. The lowest BCUT2D eigenvalue weighted by molar-refractivity contribution is -0.144. The van der Waals surface area contributed by atoms with E-state index in [4.69, 9.17) is 15.9 Å². The van der Waals surface area contributed by atoms with Gasteiger partial charge < -0.3 is 42.1 Å². The van der Waals surface area contributed by atoms with E-state index >= 15 is 0 Å². The third-order valence-corrected chi connectivity index (χ3v) is 4.92. The smallest absolute Gasteiger partial charge is 0.326 e. The first-order valence-corrected chi connectivity index (χ1v) is 10.3. The Labute approximate surface area is 189 Å². The molecular weight excluding hydrogens is 444 g/mol. The third-order valence-electron chi connectivity index (χ3n) is 4.92. The van der Waals surface area contributed by atoms with Crippen LogP contribution in [-0.4, -0.2) is 86.8 Å². The van der Waals surface area contributed by atoms with Gasteiger partial charge in [-0.1, -0.05) is 20.3 Å². The second kappa shape index (κ2) is 14.7. The first kappa shape index (κ1) is 29.7. The lowest BCUT2D eigenvalue weighted by Crippen LogP contribution is -2.58. The minimum atomic E-state index is -1.60. The molecule has 0 saturated heterocycles. The number of carboxylic acids is 3. The van der Waals surface area contributed by atoms with Crippen LogP contribution >= 0.6 is 0 Å². The number of carbonyl (C=O) groups is 6. The van der Waals surface area contributed by atoms with E-state index in [1.165, 1.54) is 0 Å². The second-order valence-electron chi connectivity index (χ2n) is 7.48. The van der Waals surface area contributed by atoms with Crippen LogP contribution in [0.2, 0.25) is 0 Å². The summed E-state index contributed by atoms with van der Waals surface area (Å²) in [6.07, 6.45) is -1.43. The van der Waals surface area contributed by atoms with Gasteiger partial charge in [0, 0.05) is 12.8 Å². The van der Waals surface area contributed by atoms with Gasteiger partial charge in [0.2, 0.25) is 17.7 Å². The van der Waals surface area contributed by atoms with Crippen molar-refractivity contribution in [1.82, 2.24) is 16.0 Å². The minimum absolute atomic E-state index is 0.222. The van der Waals surface area contributed by atoms with Crippen LogP contribution in [0.25, 0.3) is 0 Å². The molecule has 0 aromatic carbocycles. The molecule has 0 radical (unpaired) electrons. The fraction of sp³-hybridized carbons (Fsp3) is 0.684. The Balaban J connectivity index is 5.38. The van der Waals surface area contributed by atoms with Crippen LogP contribution in [0.15, 0.2) is 0 Å². The molecule has 0 aliphatic rings. The molecule has 14 heteroatoms. The van der Waals surface area contributed by atoms with Crippen LogP contribution in [0.3, 0.4) is 0 Å². The van der Waals surface area contributed by atoms with Crippen molar-refractivity contribution in [2.24, 2.45) is 11.7 Å². The minimum Gasteiger partial charge on any atom is -0.481 e. The highest BCUT2D eigenvalue weighted by atomic mass is 16.4. The highest BCUT2D eigenvalue weighted by Gasteiger charge is 2.31. The number of nitrogens with two attached hydrogens (primary N) is 1. The van der Waals surface area contributed by atoms with Crippen molar-refractivity contribution in [3.8, 4) is 0 Å². The Morgan fingerprint density at radius 3 is 1.61 bits per heavy atom. The lowest BCUT2D eigenvalue weighted by Gasteiger charge is -2.25. The van der Waals surface area contributed by atoms with E-state index in [-0.39, 0.29) is 5.92 Å². The molecule has 0 rings (SSSR count). The van der Waals surface area contributed by atoms with Gasteiger partial charge in [0.25, 0.3) is 0 Å². The number of nitrogens with one attached hydrogen (secondary N) is 3. The summed E-state index contributed by atoms with van der Waals surface area (Å²) < 4.78 is 0. The number of hydrogen-bond acceptors (Lipinski definition) is 8.